The summed E-state index contributed by atoms with van der Waals surface area (Å²) in [6, 6.07) is 0. The molecule has 0 amide bonds. The minimum absolute atomic E-state index is 0.153. The van der Waals surface area contributed by atoms with E-state index >= 15 is 0 Å². The third-order valence-electron chi connectivity index (χ3n) is 3.18. The second-order valence-corrected chi connectivity index (χ2v) is 4.60. The van der Waals surface area contributed by atoms with Gasteiger partial charge in [-0.15, -0.1) is 0 Å². The van der Waals surface area contributed by atoms with Gasteiger partial charge in [0.15, 0.2) is 0 Å². The average Bonchev–Trinajstić information content (AvgIpc) is 2.35. The fraction of sp³-hybridized carbons (Fsp3) is 0.692. The Bertz CT molecular complexity index is 384. The van der Waals surface area contributed by atoms with E-state index in [1.807, 2.05) is 13.8 Å². The first kappa shape index (κ1) is 14.7. The lowest BCUT2D eigenvalue weighted by molar-refractivity contribution is 0.251. The molecule has 18 heavy (non-hydrogen) atoms. The molecule has 5 heteroatoms. The highest BCUT2D eigenvalue weighted by atomic mass is 16.5. The molecule has 1 unspecified atom stereocenters. The summed E-state index contributed by atoms with van der Waals surface area (Å²) in [5.74, 6) is 1.38. The first-order chi connectivity index (χ1) is 8.56. The van der Waals surface area contributed by atoms with Crippen LogP contribution in [0.2, 0.25) is 0 Å². The molecule has 0 spiro atoms. The van der Waals surface area contributed by atoms with Crippen LogP contribution in [-0.2, 0) is 0 Å². The molecule has 0 radical (unpaired) electrons. The Labute approximate surface area is 109 Å². The van der Waals surface area contributed by atoms with Gasteiger partial charge >= 0.3 is 0 Å². The molecule has 5 nitrogen and oxygen atoms in total. The fourth-order valence-electron chi connectivity index (χ4n) is 1.70. The molecule has 0 aliphatic rings. The molecule has 0 aliphatic carbocycles. The molecule has 102 valence electrons. The SMILES string of the molecule is CCOc1ncnc(NC(C)(CC)CCO)c1C. The summed E-state index contributed by atoms with van der Waals surface area (Å²) in [5.41, 5.74) is 0.731. The molecule has 1 aromatic rings. The number of ether oxygens (including phenoxy) is 1. The monoisotopic (exact) mass is 253 g/mol. The predicted octanol–water partition coefficient (Wildman–Crippen LogP) is 2.15. The summed E-state index contributed by atoms with van der Waals surface area (Å²) < 4.78 is 5.44. The highest BCUT2D eigenvalue weighted by molar-refractivity contribution is 5.49. The summed E-state index contributed by atoms with van der Waals surface area (Å²) in [7, 11) is 0. The van der Waals surface area contributed by atoms with Crippen LogP contribution in [0.3, 0.4) is 0 Å². The number of hydrogen-bond donors (Lipinski definition) is 2. The molecule has 1 heterocycles. The number of nitrogens with one attached hydrogen (secondary N) is 1. The van der Waals surface area contributed by atoms with E-state index in [4.69, 9.17) is 9.84 Å². The lowest BCUT2D eigenvalue weighted by Gasteiger charge is -2.30. The maximum atomic E-state index is 9.12. The highest BCUT2D eigenvalue weighted by Gasteiger charge is 2.23. The number of nitrogens with zero attached hydrogens (tertiary/aromatic N) is 2. The number of anilines is 1. The van der Waals surface area contributed by atoms with Gasteiger partial charge in [-0.05, 0) is 33.6 Å². The summed E-state index contributed by atoms with van der Waals surface area (Å²) >= 11 is 0. The largest absolute Gasteiger partial charge is 0.478 e. The Balaban J connectivity index is 2.92. The number of aliphatic hydroxyl groups excluding tert-OH is 1. The Morgan fingerprint density at radius 2 is 2.11 bits per heavy atom. The van der Waals surface area contributed by atoms with Crippen molar-refractivity contribution >= 4 is 5.82 Å². The number of aliphatic hydroxyl groups is 1. The second-order valence-electron chi connectivity index (χ2n) is 4.60. The first-order valence-electron chi connectivity index (χ1n) is 6.39. The topological polar surface area (TPSA) is 67.3 Å². The fourth-order valence-corrected chi connectivity index (χ4v) is 1.70. The van der Waals surface area contributed by atoms with Crippen molar-refractivity contribution in [1.29, 1.82) is 0 Å². The van der Waals surface area contributed by atoms with E-state index in [1.54, 1.807) is 0 Å². The van der Waals surface area contributed by atoms with Crippen molar-refractivity contribution < 1.29 is 9.84 Å². The third kappa shape index (κ3) is 3.57. The molecule has 0 saturated heterocycles. The van der Waals surface area contributed by atoms with Crippen LogP contribution in [0.25, 0.3) is 0 Å². The van der Waals surface area contributed by atoms with Gasteiger partial charge in [0.05, 0.1) is 12.2 Å². The van der Waals surface area contributed by atoms with Crippen molar-refractivity contribution in [3.63, 3.8) is 0 Å². The van der Waals surface area contributed by atoms with Crippen LogP contribution in [0, 0.1) is 6.92 Å². The summed E-state index contributed by atoms with van der Waals surface area (Å²) in [6.07, 6.45) is 3.08. The van der Waals surface area contributed by atoms with Crippen molar-refractivity contribution in [2.24, 2.45) is 0 Å². The van der Waals surface area contributed by atoms with Gasteiger partial charge in [-0.1, -0.05) is 6.92 Å². The van der Waals surface area contributed by atoms with Crippen molar-refractivity contribution in [1.82, 2.24) is 9.97 Å². The molecule has 0 fully saturated rings. The standard InChI is InChI=1S/C13H23N3O2/c1-5-13(4,7-8-17)16-11-10(3)12(18-6-2)15-9-14-11/h9,17H,5-8H2,1-4H3,(H,14,15,16). The molecule has 1 aromatic heterocycles. The smallest absolute Gasteiger partial charge is 0.221 e. The molecule has 0 aliphatic heterocycles. The van der Waals surface area contributed by atoms with Gasteiger partial charge in [-0.2, -0.15) is 0 Å². The first-order valence-corrected chi connectivity index (χ1v) is 6.39. The Kier molecular flexibility index (Phi) is 5.34. The zero-order chi connectivity index (χ0) is 13.6. The van der Waals surface area contributed by atoms with Gasteiger partial charge in [0, 0.05) is 12.1 Å². The molecule has 2 N–H and O–H groups in total. The number of hydrogen-bond acceptors (Lipinski definition) is 5. The van der Waals surface area contributed by atoms with Crippen LogP contribution >= 0.6 is 0 Å². The van der Waals surface area contributed by atoms with Gasteiger partial charge in [0.25, 0.3) is 0 Å². The van der Waals surface area contributed by atoms with Crippen LogP contribution in [0.4, 0.5) is 5.82 Å². The molecule has 1 rings (SSSR count). The van der Waals surface area contributed by atoms with Gasteiger partial charge in [-0.3, -0.25) is 0 Å². The zero-order valence-corrected chi connectivity index (χ0v) is 11.7. The van der Waals surface area contributed by atoms with Crippen LogP contribution in [0.5, 0.6) is 5.88 Å². The van der Waals surface area contributed by atoms with Gasteiger partial charge in [-0.25, -0.2) is 9.97 Å². The lowest BCUT2D eigenvalue weighted by Crippen LogP contribution is -2.35. The van der Waals surface area contributed by atoms with E-state index in [1.165, 1.54) is 6.33 Å². The number of rotatable bonds is 7. The van der Waals surface area contributed by atoms with Gasteiger partial charge < -0.3 is 15.2 Å². The molecular formula is C13H23N3O2. The molecule has 0 bridgehead atoms. The van der Waals surface area contributed by atoms with E-state index in [9.17, 15) is 0 Å². The van der Waals surface area contributed by atoms with Gasteiger partial charge in [0.1, 0.15) is 12.1 Å². The van der Waals surface area contributed by atoms with Crippen molar-refractivity contribution in [3.05, 3.63) is 11.9 Å². The summed E-state index contributed by atoms with van der Waals surface area (Å²) in [6.45, 7) is 8.76. The minimum Gasteiger partial charge on any atom is -0.478 e. The molecule has 0 saturated carbocycles. The predicted molar refractivity (Wildman–Crippen MR) is 72.0 cm³/mol. The highest BCUT2D eigenvalue weighted by Crippen LogP contribution is 2.26. The molecular weight excluding hydrogens is 230 g/mol. The average molecular weight is 253 g/mol. The summed E-state index contributed by atoms with van der Waals surface area (Å²) in [5, 5.41) is 12.5. The summed E-state index contributed by atoms with van der Waals surface area (Å²) in [4.78, 5) is 8.36. The number of aromatic nitrogens is 2. The van der Waals surface area contributed by atoms with E-state index in [0.717, 1.165) is 17.8 Å². The van der Waals surface area contributed by atoms with Gasteiger partial charge in [0.2, 0.25) is 5.88 Å². The molecule has 1 atom stereocenters. The maximum absolute atomic E-state index is 9.12. The van der Waals surface area contributed by atoms with Crippen LogP contribution in [-0.4, -0.2) is 33.8 Å². The Hall–Kier alpha value is -1.36. The van der Waals surface area contributed by atoms with Crippen molar-refractivity contribution in [2.45, 2.75) is 46.1 Å². The zero-order valence-electron chi connectivity index (χ0n) is 11.7. The third-order valence-corrected chi connectivity index (χ3v) is 3.18. The van der Waals surface area contributed by atoms with Crippen LogP contribution < -0.4 is 10.1 Å². The van der Waals surface area contributed by atoms with E-state index in [-0.39, 0.29) is 12.1 Å². The van der Waals surface area contributed by atoms with Crippen LogP contribution in [0.1, 0.15) is 39.2 Å². The van der Waals surface area contributed by atoms with E-state index < -0.39 is 0 Å². The van der Waals surface area contributed by atoms with E-state index in [2.05, 4.69) is 29.1 Å². The normalized spacial score (nSPS) is 14.1. The molecule has 0 aromatic carbocycles. The quantitative estimate of drug-likeness (QED) is 0.779. The Morgan fingerprint density at radius 3 is 2.67 bits per heavy atom. The maximum Gasteiger partial charge on any atom is 0.221 e. The second kappa shape index (κ2) is 6.54. The minimum atomic E-state index is -0.169. The Morgan fingerprint density at radius 1 is 1.39 bits per heavy atom. The van der Waals surface area contributed by atoms with Crippen LogP contribution in [0.15, 0.2) is 6.33 Å². The van der Waals surface area contributed by atoms with E-state index in [0.29, 0.717) is 18.9 Å². The van der Waals surface area contributed by atoms with Crippen molar-refractivity contribution in [3.8, 4) is 5.88 Å². The van der Waals surface area contributed by atoms with Crippen molar-refractivity contribution in [2.75, 3.05) is 18.5 Å². The lowest BCUT2D eigenvalue weighted by atomic mass is 9.95.